The van der Waals surface area contributed by atoms with E-state index in [9.17, 15) is 9.59 Å². The molecule has 2 aliphatic heterocycles. The van der Waals surface area contributed by atoms with Crippen LogP contribution < -0.4 is 0 Å². The quantitative estimate of drug-likeness (QED) is 0.592. The molecule has 0 saturated carbocycles. The molecule has 1 fully saturated rings. The van der Waals surface area contributed by atoms with E-state index in [1.807, 2.05) is 19.1 Å². The van der Waals surface area contributed by atoms with Gasteiger partial charge >= 0.3 is 5.97 Å². The lowest BCUT2D eigenvalue weighted by atomic mass is 9.93. The summed E-state index contributed by atoms with van der Waals surface area (Å²) in [6.45, 7) is 10.3. The fourth-order valence-corrected chi connectivity index (χ4v) is 5.09. The number of likely N-dealkylation sites (tertiary alicyclic amines) is 1. The van der Waals surface area contributed by atoms with Crippen LogP contribution in [-0.4, -0.2) is 53.7 Å². The Kier molecular flexibility index (Phi) is 7.47. The van der Waals surface area contributed by atoms with E-state index in [0.29, 0.717) is 32.7 Å². The molecule has 1 saturated heterocycles. The molecule has 0 spiro atoms. The minimum Gasteiger partial charge on any atom is -0.466 e. The van der Waals surface area contributed by atoms with Crippen LogP contribution in [0.2, 0.25) is 0 Å². The molecule has 0 aliphatic carbocycles. The molecular weight excluding hydrogens is 426 g/mol. The largest absolute Gasteiger partial charge is 0.466 e. The van der Waals surface area contributed by atoms with Crippen molar-refractivity contribution >= 4 is 17.6 Å². The van der Waals surface area contributed by atoms with Crippen molar-refractivity contribution in [2.24, 2.45) is 11.0 Å². The summed E-state index contributed by atoms with van der Waals surface area (Å²) in [6, 6.07) is 14.5. The Morgan fingerprint density at radius 3 is 2.44 bits per heavy atom. The maximum atomic E-state index is 13.5. The van der Waals surface area contributed by atoms with E-state index >= 15 is 0 Å². The number of rotatable bonds is 6. The Hall–Kier alpha value is -2.99. The highest BCUT2D eigenvalue weighted by Gasteiger charge is 2.35. The maximum Gasteiger partial charge on any atom is 0.309 e. The van der Waals surface area contributed by atoms with E-state index in [1.54, 1.807) is 5.01 Å². The van der Waals surface area contributed by atoms with Crippen molar-refractivity contribution in [3.63, 3.8) is 0 Å². The second-order valence-corrected chi connectivity index (χ2v) is 9.48. The molecule has 4 rings (SSSR count). The summed E-state index contributed by atoms with van der Waals surface area (Å²) >= 11 is 0. The van der Waals surface area contributed by atoms with Crippen molar-refractivity contribution in [3.05, 3.63) is 70.3 Å². The summed E-state index contributed by atoms with van der Waals surface area (Å²) < 4.78 is 5.17. The maximum absolute atomic E-state index is 13.5. The van der Waals surface area contributed by atoms with Gasteiger partial charge in [0.1, 0.15) is 0 Å². The predicted molar refractivity (Wildman–Crippen MR) is 134 cm³/mol. The van der Waals surface area contributed by atoms with Gasteiger partial charge < -0.3 is 4.74 Å². The predicted octanol–water partition coefficient (Wildman–Crippen LogP) is 4.56. The van der Waals surface area contributed by atoms with Gasteiger partial charge in [-0.25, -0.2) is 5.01 Å². The molecule has 1 amide bonds. The SMILES string of the molecule is CCOC(=O)C1CCN(CC(=O)N2N=C(c3ccc(C)cc3C)C[C@H]2c2ccccc2C)CC1. The van der Waals surface area contributed by atoms with E-state index in [4.69, 9.17) is 9.84 Å². The van der Waals surface area contributed by atoms with Crippen LogP contribution in [-0.2, 0) is 14.3 Å². The topological polar surface area (TPSA) is 62.2 Å². The van der Waals surface area contributed by atoms with Crippen molar-refractivity contribution in [2.75, 3.05) is 26.2 Å². The van der Waals surface area contributed by atoms with Gasteiger partial charge in [-0.1, -0.05) is 48.0 Å². The second-order valence-electron chi connectivity index (χ2n) is 9.48. The molecule has 0 unspecified atom stereocenters. The molecular formula is C28H35N3O3. The Labute approximate surface area is 202 Å². The average molecular weight is 462 g/mol. The van der Waals surface area contributed by atoms with E-state index in [1.165, 1.54) is 11.1 Å². The molecule has 0 N–H and O–H groups in total. The number of hydrazone groups is 1. The van der Waals surface area contributed by atoms with Gasteiger partial charge in [-0.15, -0.1) is 0 Å². The lowest BCUT2D eigenvalue weighted by molar-refractivity contribution is -0.149. The van der Waals surface area contributed by atoms with Gasteiger partial charge in [-0.05, 0) is 70.3 Å². The van der Waals surface area contributed by atoms with Crippen LogP contribution in [0, 0.1) is 26.7 Å². The third-order valence-electron chi connectivity index (χ3n) is 6.97. The van der Waals surface area contributed by atoms with Gasteiger partial charge in [0.25, 0.3) is 5.91 Å². The zero-order valence-corrected chi connectivity index (χ0v) is 20.7. The molecule has 0 aromatic heterocycles. The number of hydrogen-bond acceptors (Lipinski definition) is 5. The summed E-state index contributed by atoms with van der Waals surface area (Å²) in [7, 11) is 0. The first-order chi connectivity index (χ1) is 16.4. The van der Waals surface area contributed by atoms with E-state index < -0.39 is 0 Å². The highest BCUT2D eigenvalue weighted by Crippen LogP contribution is 2.35. The molecule has 0 radical (unpaired) electrons. The molecule has 180 valence electrons. The Bertz CT molecular complexity index is 1090. The molecule has 6 heteroatoms. The standard InChI is InChI=1S/C28H35N3O3/c1-5-34-28(33)22-12-14-30(15-13-22)18-27(32)31-26(24-9-7-6-8-20(24)3)17-25(29-31)23-11-10-19(2)16-21(23)4/h6-11,16,22,26H,5,12-15,17-18H2,1-4H3/t26-/m0/s1. The Balaban J connectivity index is 1.53. The summed E-state index contributed by atoms with van der Waals surface area (Å²) in [4.78, 5) is 27.7. The van der Waals surface area contributed by atoms with Gasteiger partial charge in [0.05, 0.1) is 30.8 Å². The third kappa shape index (κ3) is 5.22. The number of benzene rings is 2. The smallest absolute Gasteiger partial charge is 0.309 e. The Morgan fingerprint density at radius 1 is 1.03 bits per heavy atom. The normalized spacial score (nSPS) is 19.2. The number of nitrogens with zero attached hydrogens (tertiary/aromatic N) is 3. The van der Waals surface area contributed by atoms with Gasteiger partial charge in [-0.2, -0.15) is 5.10 Å². The number of carbonyl (C=O) groups is 2. The minimum atomic E-state index is -0.115. The number of esters is 1. The van der Waals surface area contributed by atoms with Gasteiger partial charge in [0, 0.05) is 12.0 Å². The van der Waals surface area contributed by atoms with E-state index in [-0.39, 0.29) is 23.8 Å². The van der Waals surface area contributed by atoms with Crippen LogP contribution in [0.5, 0.6) is 0 Å². The van der Waals surface area contributed by atoms with E-state index in [2.05, 4.69) is 56.0 Å². The number of aryl methyl sites for hydroxylation is 3. The molecule has 2 aromatic rings. The summed E-state index contributed by atoms with van der Waals surface area (Å²) in [6.07, 6.45) is 2.15. The molecule has 0 bridgehead atoms. The average Bonchev–Trinajstić information content (AvgIpc) is 3.25. The highest BCUT2D eigenvalue weighted by atomic mass is 16.5. The van der Waals surface area contributed by atoms with Crippen molar-refractivity contribution in [2.45, 2.75) is 53.0 Å². The lowest BCUT2D eigenvalue weighted by Gasteiger charge is -2.32. The third-order valence-corrected chi connectivity index (χ3v) is 6.97. The van der Waals surface area contributed by atoms with Gasteiger partial charge in [-0.3, -0.25) is 14.5 Å². The zero-order chi connectivity index (χ0) is 24.2. The summed E-state index contributed by atoms with van der Waals surface area (Å²) in [5, 5.41) is 6.58. The number of carbonyl (C=O) groups excluding carboxylic acids is 2. The molecule has 2 heterocycles. The monoisotopic (exact) mass is 461 g/mol. The van der Waals surface area contributed by atoms with Crippen molar-refractivity contribution < 1.29 is 14.3 Å². The molecule has 1 atom stereocenters. The lowest BCUT2D eigenvalue weighted by Crippen LogP contribution is -2.43. The molecule has 6 nitrogen and oxygen atoms in total. The van der Waals surface area contributed by atoms with Crippen LogP contribution in [0.1, 0.15) is 60.0 Å². The van der Waals surface area contributed by atoms with Gasteiger partial charge in [0.2, 0.25) is 0 Å². The first-order valence-corrected chi connectivity index (χ1v) is 12.3. The number of piperidine rings is 1. The van der Waals surface area contributed by atoms with Crippen molar-refractivity contribution in [3.8, 4) is 0 Å². The van der Waals surface area contributed by atoms with Crippen molar-refractivity contribution in [1.29, 1.82) is 0 Å². The van der Waals surface area contributed by atoms with E-state index in [0.717, 1.165) is 35.2 Å². The van der Waals surface area contributed by atoms with Crippen LogP contribution >= 0.6 is 0 Å². The first-order valence-electron chi connectivity index (χ1n) is 12.3. The van der Waals surface area contributed by atoms with Gasteiger partial charge in [0.15, 0.2) is 0 Å². The molecule has 2 aromatic carbocycles. The van der Waals surface area contributed by atoms with Crippen LogP contribution in [0.4, 0.5) is 0 Å². The molecule has 2 aliphatic rings. The second kappa shape index (κ2) is 10.5. The number of hydrogen-bond donors (Lipinski definition) is 0. The Morgan fingerprint density at radius 2 is 1.76 bits per heavy atom. The minimum absolute atomic E-state index is 0.00241. The fraction of sp³-hybridized carbons (Fsp3) is 0.464. The summed E-state index contributed by atoms with van der Waals surface area (Å²) in [5.74, 6) is -0.176. The first kappa shape index (κ1) is 24.1. The van der Waals surface area contributed by atoms with Crippen LogP contribution in [0.25, 0.3) is 0 Å². The molecule has 34 heavy (non-hydrogen) atoms. The highest BCUT2D eigenvalue weighted by molar-refractivity contribution is 6.04. The fourth-order valence-electron chi connectivity index (χ4n) is 5.09. The number of amides is 1. The van der Waals surface area contributed by atoms with Crippen molar-refractivity contribution in [1.82, 2.24) is 9.91 Å². The number of ether oxygens (including phenoxy) is 1. The van der Waals surface area contributed by atoms with Crippen LogP contribution in [0.15, 0.2) is 47.6 Å². The van der Waals surface area contributed by atoms with Crippen LogP contribution in [0.3, 0.4) is 0 Å². The summed E-state index contributed by atoms with van der Waals surface area (Å²) in [5.41, 5.74) is 6.76. The zero-order valence-electron chi connectivity index (χ0n) is 20.7.